The highest BCUT2D eigenvalue weighted by atomic mass is 35.5. The molecule has 2 amide bonds. The molecule has 2 aromatic heterocycles. The molecule has 4 aromatic rings. The first-order chi connectivity index (χ1) is 15.8. The Kier molecular flexibility index (Phi) is 6.57. The quantitative estimate of drug-likeness (QED) is 0.310. The van der Waals surface area contributed by atoms with Crippen molar-refractivity contribution >= 4 is 45.4 Å². The van der Waals surface area contributed by atoms with Gasteiger partial charge in [0.05, 0.1) is 26.2 Å². The number of carbonyl (C=O) groups excluding carboxylic acids is 2. The summed E-state index contributed by atoms with van der Waals surface area (Å²) in [5, 5.41) is 13.9. The number of rotatable bonds is 6. The maximum Gasteiger partial charge on any atom is 0.266 e. The number of carbonyl (C=O) groups is 2. The van der Waals surface area contributed by atoms with Gasteiger partial charge < -0.3 is 10.6 Å². The number of halogens is 1. The molecule has 0 saturated carbocycles. The van der Waals surface area contributed by atoms with Crippen LogP contribution in [0.15, 0.2) is 54.6 Å². The van der Waals surface area contributed by atoms with Crippen LogP contribution < -0.4 is 10.6 Å². The maximum atomic E-state index is 13.1. The van der Waals surface area contributed by atoms with E-state index in [-0.39, 0.29) is 17.7 Å². The highest BCUT2D eigenvalue weighted by Crippen LogP contribution is 2.31. The molecule has 0 unspecified atom stereocenters. The fraction of sp³-hybridized carbons (Fsp3) is 0.167. The third kappa shape index (κ3) is 4.97. The number of hydrogen-bond acceptors (Lipinski definition) is 5. The molecule has 33 heavy (non-hydrogen) atoms. The summed E-state index contributed by atoms with van der Waals surface area (Å²) in [6, 6.07) is 16.0. The van der Waals surface area contributed by atoms with Gasteiger partial charge in [-0.25, -0.2) is 4.98 Å². The molecule has 3 N–H and O–H groups in total. The summed E-state index contributed by atoms with van der Waals surface area (Å²) >= 11 is 7.31. The maximum absolute atomic E-state index is 13.1. The Balaban J connectivity index is 1.54. The van der Waals surface area contributed by atoms with Crippen molar-refractivity contribution in [3.63, 3.8) is 0 Å². The van der Waals surface area contributed by atoms with Crippen molar-refractivity contribution in [1.82, 2.24) is 15.2 Å². The van der Waals surface area contributed by atoms with E-state index in [0.717, 1.165) is 17.0 Å². The Hall–Kier alpha value is -3.49. The number of benzene rings is 2. The number of H-pyrrole nitrogens is 1. The number of nitrogens with zero attached hydrogens (tertiary/aromatic N) is 2. The average Bonchev–Trinajstić information content (AvgIpc) is 3.41. The lowest BCUT2D eigenvalue weighted by molar-refractivity contribution is 0.102. The second-order valence-corrected chi connectivity index (χ2v) is 9.21. The number of anilines is 2. The molecular formula is C24H22ClN5O2S. The third-order valence-electron chi connectivity index (χ3n) is 4.94. The number of para-hydroxylation sites is 1. The number of hydrogen-bond donors (Lipinski definition) is 3. The monoisotopic (exact) mass is 479 g/mol. The summed E-state index contributed by atoms with van der Waals surface area (Å²) in [5.41, 5.74) is 2.45. The minimum absolute atomic E-state index is 0.209. The van der Waals surface area contributed by atoms with Gasteiger partial charge in [-0.1, -0.05) is 49.7 Å². The summed E-state index contributed by atoms with van der Waals surface area (Å²) in [6.07, 6.45) is 0. The topological polar surface area (TPSA) is 99.8 Å². The molecule has 168 valence electrons. The van der Waals surface area contributed by atoms with Crippen molar-refractivity contribution in [3.8, 4) is 11.4 Å². The second kappa shape index (κ2) is 9.56. The number of aryl methyl sites for hydroxylation is 1. The summed E-state index contributed by atoms with van der Waals surface area (Å²) in [6.45, 7) is 5.88. The molecule has 7 nitrogen and oxygen atoms in total. The van der Waals surface area contributed by atoms with Crippen molar-refractivity contribution in [2.24, 2.45) is 0 Å². The molecule has 0 saturated heterocycles. The Morgan fingerprint density at radius 3 is 2.48 bits per heavy atom. The van der Waals surface area contributed by atoms with E-state index in [1.165, 1.54) is 11.3 Å². The van der Waals surface area contributed by atoms with E-state index in [4.69, 9.17) is 11.6 Å². The lowest BCUT2D eigenvalue weighted by atomic mass is 10.1. The van der Waals surface area contributed by atoms with Gasteiger partial charge >= 0.3 is 0 Å². The number of aromatic nitrogens is 3. The minimum Gasteiger partial charge on any atom is -0.321 e. The standard InChI is InChI=1S/C24H22ClN5O2S/c1-13(2)21-28-22(30-29-21)16-9-5-7-11-18(16)26-24(32)20-14(3)12-19(33-20)27-23(31)15-8-4-6-10-17(15)25/h4-13H,1-3H3,(H,26,32)(H,27,31)(H,28,29,30). The van der Waals surface area contributed by atoms with Crippen LogP contribution in [-0.2, 0) is 0 Å². The van der Waals surface area contributed by atoms with Crippen molar-refractivity contribution < 1.29 is 9.59 Å². The fourth-order valence-corrected chi connectivity index (χ4v) is 4.40. The number of aromatic amines is 1. The molecule has 0 aliphatic carbocycles. The van der Waals surface area contributed by atoms with Crippen molar-refractivity contribution in [1.29, 1.82) is 0 Å². The van der Waals surface area contributed by atoms with Gasteiger partial charge in [0, 0.05) is 11.5 Å². The Labute approximate surface area is 200 Å². The summed E-state index contributed by atoms with van der Waals surface area (Å²) in [7, 11) is 0. The molecule has 0 radical (unpaired) electrons. The van der Waals surface area contributed by atoms with Gasteiger partial charge in [0.25, 0.3) is 11.8 Å². The largest absolute Gasteiger partial charge is 0.321 e. The number of thiophene rings is 1. The summed E-state index contributed by atoms with van der Waals surface area (Å²) in [5.74, 6) is 0.901. The Morgan fingerprint density at radius 2 is 1.76 bits per heavy atom. The van der Waals surface area contributed by atoms with Gasteiger partial charge in [-0.2, -0.15) is 5.10 Å². The molecule has 0 atom stereocenters. The molecule has 0 bridgehead atoms. The van der Waals surface area contributed by atoms with Gasteiger partial charge in [-0.05, 0) is 42.8 Å². The normalized spacial score (nSPS) is 10.9. The highest BCUT2D eigenvalue weighted by Gasteiger charge is 2.19. The van der Waals surface area contributed by atoms with E-state index in [0.29, 0.717) is 32.0 Å². The van der Waals surface area contributed by atoms with Crippen molar-refractivity contribution in [3.05, 3.63) is 81.4 Å². The predicted molar refractivity (Wildman–Crippen MR) is 132 cm³/mol. The second-order valence-electron chi connectivity index (χ2n) is 7.76. The van der Waals surface area contributed by atoms with Crippen LogP contribution >= 0.6 is 22.9 Å². The third-order valence-corrected chi connectivity index (χ3v) is 6.43. The van der Waals surface area contributed by atoms with Crippen LogP contribution in [0, 0.1) is 6.92 Å². The Morgan fingerprint density at radius 1 is 1.03 bits per heavy atom. The zero-order valence-electron chi connectivity index (χ0n) is 18.3. The molecule has 0 aliphatic heterocycles. The Bertz CT molecular complexity index is 1330. The molecule has 0 aliphatic rings. The summed E-state index contributed by atoms with van der Waals surface area (Å²) < 4.78 is 0. The zero-order valence-corrected chi connectivity index (χ0v) is 19.8. The first-order valence-electron chi connectivity index (χ1n) is 10.3. The van der Waals surface area contributed by atoms with Crippen molar-refractivity contribution in [2.75, 3.05) is 10.6 Å². The molecule has 9 heteroatoms. The molecule has 0 fully saturated rings. The fourth-order valence-electron chi connectivity index (χ4n) is 3.21. The molecule has 2 aromatic carbocycles. The van der Waals surface area contributed by atoms with Crippen LogP contribution in [0.3, 0.4) is 0 Å². The van der Waals surface area contributed by atoms with Crippen molar-refractivity contribution in [2.45, 2.75) is 26.7 Å². The average molecular weight is 480 g/mol. The predicted octanol–water partition coefficient (Wildman–Crippen LogP) is 6.12. The van der Waals surface area contributed by atoms with Gasteiger partial charge in [0.15, 0.2) is 5.82 Å². The van der Waals surface area contributed by atoms with Crippen LogP contribution in [0.2, 0.25) is 5.02 Å². The zero-order chi connectivity index (χ0) is 23.5. The van der Waals surface area contributed by atoms with Gasteiger partial charge in [-0.3, -0.25) is 14.7 Å². The molecule has 2 heterocycles. The minimum atomic E-state index is -0.329. The van der Waals surface area contributed by atoms with E-state index in [1.807, 2.05) is 45.0 Å². The SMILES string of the molecule is Cc1cc(NC(=O)c2ccccc2Cl)sc1C(=O)Nc1ccccc1-c1n[nH]c(C(C)C)n1. The van der Waals surface area contributed by atoms with Gasteiger partial charge in [0.2, 0.25) is 0 Å². The lowest BCUT2D eigenvalue weighted by Crippen LogP contribution is -2.12. The molecule has 4 rings (SSSR count). The molecule has 0 spiro atoms. The summed E-state index contributed by atoms with van der Waals surface area (Å²) in [4.78, 5) is 30.7. The van der Waals surface area contributed by atoms with Gasteiger partial charge in [-0.15, -0.1) is 11.3 Å². The highest BCUT2D eigenvalue weighted by molar-refractivity contribution is 7.18. The van der Waals surface area contributed by atoms with Crippen LogP contribution in [0.5, 0.6) is 0 Å². The first-order valence-corrected chi connectivity index (χ1v) is 11.5. The van der Waals surface area contributed by atoms with Crippen LogP contribution in [0.25, 0.3) is 11.4 Å². The van der Waals surface area contributed by atoms with E-state index >= 15 is 0 Å². The van der Waals surface area contributed by atoms with Gasteiger partial charge in [0.1, 0.15) is 5.82 Å². The first kappa shape index (κ1) is 22.7. The van der Waals surface area contributed by atoms with E-state index < -0.39 is 0 Å². The number of amides is 2. The lowest BCUT2D eigenvalue weighted by Gasteiger charge is -2.08. The molecular weight excluding hydrogens is 458 g/mol. The number of nitrogens with one attached hydrogen (secondary N) is 3. The smallest absolute Gasteiger partial charge is 0.266 e. The van der Waals surface area contributed by atoms with Crippen LogP contribution in [0.4, 0.5) is 10.7 Å². The van der Waals surface area contributed by atoms with E-state index in [9.17, 15) is 9.59 Å². The van der Waals surface area contributed by atoms with Crippen LogP contribution in [0.1, 0.15) is 51.2 Å². The van der Waals surface area contributed by atoms with E-state index in [1.54, 1.807) is 30.3 Å². The van der Waals surface area contributed by atoms with E-state index in [2.05, 4.69) is 25.8 Å². The van der Waals surface area contributed by atoms with Crippen LogP contribution in [-0.4, -0.2) is 27.0 Å².